The summed E-state index contributed by atoms with van der Waals surface area (Å²) in [5.74, 6) is 1.42. The van der Waals surface area contributed by atoms with Gasteiger partial charge >= 0.3 is 0 Å². The Kier molecular flexibility index (Phi) is 9.77. The first-order valence-electron chi connectivity index (χ1n) is 10.3. The van der Waals surface area contributed by atoms with Crippen molar-refractivity contribution in [1.82, 2.24) is 10.6 Å². The molecule has 0 saturated carbocycles. The highest BCUT2D eigenvalue weighted by molar-refractivity contribution is 7.89. The summed E-state index contributed by atoms with van der Waals surface area (Å²) in [6, 6.07) is 12.5. The first-order valence-corrected chi connectivity index (χ1v) is 11.8. The normalized spacial score (nSPS) is 11.9. The van der Waals surface area contributed by atoms with Gasteiger partial charge in [0.05, 0.1) is 18.0 Å². The van der Waals surface area contributed by atoms with E-state index < -0.39 is 10.0 Å². The number of nitrogens with zero attached hydrogens (tertiary/aromatic N) is 1. The topological polar surface area (TPSA) is 115 Å². The maximum atomic E-state index is 11.5. The van der Waals surface area contributed by atoms with Crippen molar-refractivity contribution >= 4 is 16.0 Å². The molecule has 4 N–H and O–H groups in total. The lowest BCUT2D eigenvalue weighted by molar-refractivity contribution is 0.110. The quantitative estimate of drug-likeness (QED) is 0.276. The van der Waals surface area contributed by atoms with Gasteiger partial charge in [-0.05, 0) is 50.1 Å². The molecule has 0 amide bonds. The summed E-state index contributed by atoms with van der Waals surface area (Å²) in [7, 11) is -3.74. The van der Waals surface area contributed by atoms with Gasteiger partial charge < -0.3 is 20.1 Å². The largest absolute Gasteiger partial charge is 0.491 e. The number of primary sulfonamides is 1. The molecule has 0 radical (unpaired) electrons. The number of ether oxygens (including phenoxy) is 2. The zero-order valence-electron chi connectivity index (χ0n) is 18.3. The third-order valence-corrected chi connectivity index (χ3v) is 5.26. The average molecular weight is 449 g/mol. The van der Waals surface area contributed by atoms with E-state index in [4.69, 9.17) is 14.6 Å². The Morgan fingerprint density at radius 1 is 1.10 bits per heavy atom. The van der Waals surface area contributed by atoms with Crippen LogP contribution in [0.2, 0.25) is 0 Å². The smallest absolute Gasteiger partial charge is 0.238 e. The molecular formula is C22H32N4O4S. The summed E-state index contributed by atoms with van der Waals surface area (Å²) in [6.45, 7) is 9.16. The van der Waals surface area contributed by atoms with Crippen LogP contribution >= 0.6 is 0 Å². The molecule has 170 valence electrons. The fraction of sp³-hybridized carbons (Fsp3) is 0.409. The lowest BCUT2D eigenvalue weighted by Crippen LogP contribution is -2.36. The van der Waals surface area contributed by atoms with Crippen LogP contribution in [0, 0.1) is 6.92 Å². The lowest BCUT2D eigenvalue weighted by Gasteiger charge is -2.15. The molecule has 8 nitrogen and oxygen atoms in total. The minimum absolute atomic E-state index is 0.0756. The Bertz CT molecular complexity index is 977. The molecule has 2 rings (SSSR count). The van der Waals surface area contributed by atoms with Crippen LogP contribution in [0.3, 0.4) is 0 Å². The van der Waals surface area contributed by atoms with Crippen molar-refractivity contribution in [2.24, 2.45) is 10.1 Å². The molecule has 0 bridgehead atoms. The van der Waals surface area contributed by atoms with Crippen LogP contribution in [-0.2, 0) is 27.8 Å². The zero-order valence-corrected chi connectivity index (χ0v) is 19.2. The molecule has 0 unspecified atom stereocenters. The standard InChI is InChI=1S/C22H32N4O4S/c1-4-24-22(25-15-18-7-6-8-20(14-18)31(23,27)28)26-16-19-10-9-17(3)13-21(19)30-12-11-29-5-2/h6-10,13-14H,4-5,11-12,15-16H2,1-3H3,(H2,23,27,28)(H2,24,25,26). The molecule has 0 spiro atoms. The minimum Gasteiger partial charge on any atom is -0.491 e. The number of hydrogen-bond acceptors (Lipinski definition) is 5. The number of aliphatic imine (C=N–C) groups is 1. The van der Waals surface area contributed by atoms with E-state index in [1.807, 2.05) is 45.0 Å². The van der Waals surface area contributed by atoms with E-state index in [1.165, 1.54) is 12.1 Å². The van der Waals surface area contributed by atoms with Gasteiger partial charge in [-0.3, -0.25) is 0 Å². The van der Waals surface area contributed by atoms with E-state index in [2.05, 4.69) is 15.6 Å². The monoisotopic (exact) mass is 448 g/mol. The Morgan fingerprint density at radius 2 is 1.90 bits per heavy atom. The number of guanidine groups is 1. The van der Waals surface area contributed by atoms with Crippen LogP contribution in [0.15, 0.2) is 52.4 Å². The van der Waals surface area contributed by atoms with E-state index in [1.54, 1.807) is 6.07 Å². The van der Waals surface area contributed by atoms with E-state index in [0.717, 1.165) is 22.4 Å². The fourth-order valence-electron chi connectivity index (χ4n) is 2.81. The Labute approximate surface area is 184 Å². The first kappa shape index (κ1) is 24.6. The highest BCUT2D eigenvalue weighted by Gasteiger charge is 2.09. The van der Waals surface area contributed by atoms with E-state index >= 15 is 0 Å². The minimum atomic E-state index is -3.74. The molecule has 2 aromatic carbocycles. The third-order valence-electron chi connectivity index (χ3n) is 4.35. The van der Waals surface area contributed by atoms with Gasteiger partial charge in [-0.15, -0.1) is 0 Å². The number of aryl methyl sites for hydroxylation is 1. The zero-order chi connectivity index (χ0) is 22.7. The van der Waals surface area contributed by atoms with E-state index in [9.17, 15) is 8.42 Å². The molecule has 0 heterocycles. The summed E-state index contributed by atoms with van der Waals surface area (Å²) >= 11 is 0. The molecule has 31 heavy (non-hydrogen) atoms. The number of sulfonamides is 1. The number of rotatable bonds is 11. The van der Waals surface area contributed by atoms with Gasteiger partial charge in [-0.1, -0.05) is 24.3 Å². The lowest BCUT2D eigenvalue weighted by atomic mass is 10.1. The van der Waals surface area contributed by atoms with E-state index in [0.29, 0.717) is 45.4 Å². The van der Waals surface area contributed by atoms with Gasteiger partial charge in [-0.2, -0.15) is 0 Å². The molecule has 0 aliphatic carbocycles. The maximum Gasteiger partial charge on any atom is 0.238 e. The van der Waals surface area contributed by atoms with Gasteiger partial charge in [0, 0.05) is 25.3 Å². The maximum absolute atomic E-state index is 11.5. The Hall–Kier alpha value is -2.62. The van der Waals surface area contributed by atoms with Crippen LogP contribution in [-0.4, -0.2) is 40.7 Å². The van der Waals surface area contributed by atoms with Gasteiger partial charge in [-0.25, -0.2) is 18.5 Å². The summed E-state index contributed by atoms with van der Waals surface area (Å²) < 4.78 is 34.3. The molecule has 2 aromatic rings. The summed E-state index contributed by atoms with van der Waals surface area (Å²) in [6.07, 6.45) is 0. The summed E-state index contributed by atoms with van der Waals surface area (Å²) in [5, 5.41) is 11.7. The molecular weight excluding hydrogens is 416 g/mol. The van der Waals surface area contributed by atoms with Crippen LogP contribution in [0.5, 0.6) is 5.75 Å². The second-order valence-corrected chi connectivity index (χ2v) is 8.46. The Morgan fingerprint density at radius 3 is 2.61 bits per heavy atom. The summed E-state index contributed by atoms with van der Waals surface area (Å²) in [5.41, 5.74) is 2.87. The van der Waals surface area contributed by atoms with Crippen molar-refractivity contribution in [2.45, 2.75) is 38.8 Å². The SMILES string of the molecule is CCNC(=NCc1cccc(S(N)(=O)=O)c1)NCc1ccc(C)cc1OCCOCC. The van der Waals surface area contributed by atoms with Gasteiger partial charge in [0.1, 0.15) is 12.4 Å². The van der Waals surface area contributed by atoms with E-state index in [-0.39, 0.29) is 4.90 Å². The van der Waals surface area contributed by atoms with Crippen molar-refractivity contribution in [3.8, 4) is 5.75 Å². The number of benzene rings is 2. The average Bonchev–Trinajstić information content (AvgIpc) is 2.74. The first-order chi connectivity index (χ1) is 14.8. The summed E-state index contributed by atoms with van der Waals surface area (Å²) in [4.78, 5) is 4.63. The van der Waals surface area contributed by atoms with Crippen molar-refractivity contribution < 1.29 is 17.9 Å². The molecule has 0 aliphatic heterocycles. The molecule has 0 atom stereocenters. The van der Waals surface area contributed by atoms with Crippen molar-refractivity contribution in [2.75, 3.05) is 26.4 Å². The highest BCUT2D eigenvalue weighted by atomic mass is 32.2. The number of nitrogens with one attached hydrogen (secondary N) is 2. The molecule has 9 heteroatoms. The second-order valence-electron chi connectivity index (χ2n) is 6.90. The number of hydrogen-bond donors (Lipinski definition) is 3. The molecule has 0 aliphatic rings. The van der Waals surface area contributed by atoms with Crippen LogP contribution in [0.1, 0.15) is 30.5 Å². The van der Waals surface area contributed by atoms with Gasteiger partial charge in [0.25, 0.3) is 0 Å². The van der Waals surface area contributed by atoms with Crippen molar-refractivity contribution in [1.29, 1.82) is 0 Å². The van der Waals surface area contributed by atoms with Gasteiger partial charge in [0.15, 0.2) is 5.96 Å². The Balaban J connectivity index is 2.07. The van der Waals surface area contributed by atoms with Crippen molar-refractivity contribution in [3.05, 3.63) is 59.2 Å². The van der Waals surface area contributed by atoms with Crippen LogP contribution in [0.4, 0.5) is 0 Å². The predicted octanol–water partition coefficient (Wildman–Crippen LogP) is 2.31. The molecule has 0 aromatic heterocycles. The second kappa shape index (κ2) is 12.3. The van der Waals surface area contributed by atoms with Crippen LogP contribution < -0.4 is 20.5 Å². The van der Waals surface area contributed by atoms with Crippen LogP contribution in [0.25, 0.3) is 0 Å². The third kappa shape index (κ3) is 8.56. The fourth-order valence-corrected chi connectivity index (χ4v) is 3.39. The molecule has 0 fully saturated rings. The van der Waals surface area contributed by atoms with Crippen molar-refractivity contribution in [3.63, 3.8) is 0 Å². The number of nitrogens with two attached hydrogens (primary N) is 1. The highest BCUT2D eigenvalue weighted by Crippen LogP contribution is 2.20. The molecule has 0 saturated heterocycles. The van der Waals surface area contributed by atoms with Gasteiger partial charge in [0.2, 0.25) is 10.0 Å². The predicted molar refractivity (Wildman–Crippen MR) is 123 cm³/mol.